The highest BCUT2D eigenvalue weighted by atomic mass is 16.3. The van der Waals surface area contributed by atoms with Gasteiger partial charge in [0.2, 0.25) is 11.2 Å². The van der Waals surface area contributed by atoms with Crippen LogP contribution in [0.3, 0.4) is 0 Å². The summed E-state index contributed by atoms with van der Waals surface area (Å²) in [6, 6.07) is 31.1. The third-order valence-corrected chi connectivity index (χ3v) is 4.10. The first-order valence-electron chi connectivity index (χ1n) is 8.13. The van der Waals surface area contributed by atoms with Gasteiger partial charge in [0, 0.05) is 23.1 Å². The molecule has 4 aromatic rings. The first kappa shape index (κ1) is 15.1. The highest BCUT2D eigenvalue weighted by Gasteiger charge is 2.17. The molecule has 0 aliphatic rings. The maximum Gasteiger partial charge on any atom is 0.245 e. The highest BCUT2D eigenvalue weighted by Crippen LogP contribution is 2.19. The molecule has 1 aromatic heterocycles. The molecule has 0 fully saturated rings. The SMILES string of the molecule is [O-]/C(=N\[n+]1c(-c2ccccc2)ccc2ccccc21)c1ccccc1. The molecular formula is C22H16N2O. The largest absolute Gasteiger partial charge is 0.854 e. The molecule has 0 spiro atoms. The lowest BCUT2D eigenvalue weighted by Crippen LogP contribution is -2.36. The maximum atomic E-state index is 12.7. The second-order valence-corrected chi connectivity index (χ2v) is 5.73. The summed E-state index contributed by atoms with van der Waals surface area (Å²) in [7, 11) is 0. The molecule has 4 rings (SSSR count). The summed E-state index contributed by atoms with van der Waals surface area (Å²) in [6.45, 7) is 0. The topological polar surface area (TPSA) is 39.3 Å². The molecule has 0 amide bonds. The van der Waals surface area contributed by atoms with Gasteiger partial charge < -0.3 is 5.11 Å². The van der Waals surface area contributed by atoms with E-state index >= 15 is 0 Å². The van der Waals surface area contributed by atoms with Crippen LogP contribution in [-0.2, 0) is 0 Å². The van der Waals surface area contributed by atoms with Crippen LogP contribution in [0, 0.1) is 0 Å². The molecule has 3 heteroatoms. The summed E-state index contributed by atoms with van der Waals surface area (Å²) in [6.07, 6.45) is 0. The van der Waals surface area contributed by atoms with E-state index in [1.165, 1.54) is 0 Å². The quantitative estimate of drug-likeness (QED) is 0.323. The fourth-order valence-corrected chi connectivity index (χ4v) is 2.85. The van der Waals surface area contributed by atoms with Crippen LogP contribution >= 0.6 is 0 Å². The van der Waals surface area contributed by atoms with Crippen molar-refractivity contribution in [2.24, 2.45) is 5.10 Å². The van der Waals surface area contributed by atoms with Crippen molar-refractivity contribution in [3.8, 4) is 11.3 Å². The van der Waals surface area contributed by atoms with E-state index in [1.54, 1.807) is 16.8 Å². The van der Waals surface area contributed by atoms with Crippen LogP contribution < -0.4 is 9.78 Å². The van der Waals surface area contributed by atoms with Gasteiger partial charge in [0.25, 0.3) is 0 Å². The molecule has 25 heavy (non-hydrogen) atoms. The lowest BCUT2D eigenvalue weighted by atomic mass is 10.1. The van der Waals surface area contributed by atoms with Gasteiger partial charge in [-0.3, -0.25) is 0 Å². The molecule has 3 aromatic carbocycles. The molecule has 0 radical (unpaired) electrons. The Labute approximate surface area is 146 Å². The van der Waals surface area contributed by atoms with Crippen molar-refractivity contribution in [1.29, 1.82) is 0 Å². The smallest absolute Gasteiger partial charge is 0.245 e. The van der Waals surface area contributed by atoms with Crippen LogP contribution in [0.1, 0.15) is 5.56 Å². The predicted octanol–water partition coefficient (Wildman–Crippen LogP) is 3.36. The molecule has 0 saturated carbocycles. The minimum Gasteiger partial charge on any atom is -0.854 e. The standard InChI is InChI=1S/C22H16N2O/c25-22(19-12-5-2-6-13-19)23-24-20-14-8-7-11-18(20)15-16-21(24)17-9-3-1-4-10-17/h1-16H. The Morgan fingerprint density at radius 1 is 0.680 bits per heavy atom. The van der Waals surface area contributed by atoms with Crippen LogP contribution in [0.5, 0.6) is 0 Å². The molecule has 0 unspecified atom stereocenters. The molecule has 0 aliphatic heterocycles. The van der Waals surface area contributed by atoms with Crippen molar-refractivity contribution in [2.75, 3.05) is 0 Å². The van der Waals surface area contributed by atoms with E-state index in [0.717, 1.165) is 22.2 Å². The van der Waals surface area contributed by atoms with Crippen LogP contribution in [0.2, 0.25) is 0 Å². The summed E-state index contributed by atoms with van der Waals surface area (Å²) in [5.41, 5.74) is 3.36. The zero-order valence-electron chi connectivity index (χ0n) is 13.5. The first-order valence-corrected chi connectivity index (χ1v) is 8.13. The van der Waals surface area contributed by atoms with Crippen molar-refractivity contribution in [1.82, 2.24) is 0 Å². The fourth-order valence-electron chi connectivity index (χ4n) is 2.85. The first-order chi connectivity index (χ1) is 12.3. The van der Waals surface area contributed by atoms with Gasteiger partial charge >= 0.3 is 0 Å². The van der Waals surface area contributed by atoms with Gasteiger partial charge in [-0.2, -0.15) is 0 Å². The molecule has 0 bridgehead atoms. The second-order valence-electron chi connectivity index (χ2n) is 5.73. The normalized spacial score (nSPS) is 11.6. The van der Waals surface area contributed by atoms with Gasteiger partial charge in [0.05, 0.1) is 5.90 Å². The molecule has 0 saturated heterocycles. The number of rotatable bonds is 3. The number of nitrogens with zero attached hydrogens (tertiary/aromatic N) is 2. The third-order valence-electron chi connectivity index (χ3n) is 4.10. The minimum absolute atomic E-state index is 0.265. The van der Waals surface area contributed by atoms with Crippen molar-refractivity contribution in [2.45, 2.75) is 0 Å². The Balaban J connectivity index is 1.97. The number of aromatic nitrogens is 1. The number of pyridine rings is 1. The average molecular weight is 324 g/mol. The third kappa shape index (κ3) is 3.00. The zero-order chi connectivity index (χ0) is 17.1. The Morgan fingerprint density at radius 2 is 1.32 bits per heavy atom. The van der Waals surface area contributed by atoms with Gasteiger partial charge in [-0.1, -0.05) is 60.7 Å². The molecule has 1 heterocycles. The summed E-state index contributed by atoms with van der Waals surface area (Å²) in [5, 5.41) is 18.1. The predicted molar refractivity (Wildman–Crippen MR) is 98.0 cm³/mol. The van der Waals surface area contributed by atoms with Gasteiger partial charge in [-0.25, -0.2) is 0 Å². The molecule has 0 aliphatic carbocycles. The van der Waals surface area contributed by atoms with E-state index in [0.29, 0.717) is 5.56 Å². The number of para-hydroxylation sites is 1. The van der Waals surface area contributed by atoms with Crippen molar-refractivity contribution in [3.05, 3.63) is 103 Å². The molecule has 0 atom stereocenters. The summed E-state index contributed by atoms with van der Waals surface area (Å²) in [4.78, 5) is 0. The zero-order valence-corrected chi connectivity index (χ0v) is 13.5. The molecule has 0 N–H and O–H groups in total. The lowest BCUT2D eigenvalue weighted by molar-refractivity contribution is -0.644. The van der Waals surface area contributed by atoms with E-state index in [1.807, 2.05) is 78.9 Å². The minimum atomic E-state index is -0.265. The second kappa shape index (κ2) is 6.57. The Morgan fingerprint density at radius 3 is 2.08 bits per heavy atom. The highest BCUT2D eigenvalue weighted by molar-refractivity contribution is 5.90. The van der Waals surface area contributed by atoms with Gasteiger partial charge in [0.1, 0.15) is 0 Å². The Bertz CT molecular complexity index is 1040. The number of hydrogen-bond acceptors (Lipinski definition) is 2. The molecular weight excluding hydrogens is 308 g/mol. The lowest BCUT2D eigenvalue weighted by Gasteiger charge is -2.09. The summed E-state index contributed by atoms with van der Waals surface area (Å²) in [5.74, 6) is -0.265. The van der Waals surface area contributed by atoms with Gasteiger partial charge in [-0.15, -0.1) is 0 Å². The average Bonchev–Trinajstić information content (AvgIpc) is 2.69. The molecule has 3 nitrogen and oxygen atoms in total. The summed E-state index contributed by atoms with van der Waals surface area (Å²) >= 11 is 0. The van der Waals surface area contributed by atoms with E-state index in [2.05, 4.69) is 11.2 Å². The monoisotopic (exact) mass is 324 g/mol. The summed E-state index contributed by atoms with van der Waals surface area (Å²) < 4.78 is 1.74. The van der Waals surface area contributed by atoms with Crippen LogP contribution in [0.4, 0.5) is 0 Å². The Kier molecular flexibility index (Phi) is 3.97. The van der Waals surface area contributed by atoms with E-state index in [4.69, 9.17) is 0 Å². The van der Waals surface area contributed by atoms with Crippen molar-refractivity contribution in [3.63, 3.8) is 0 Å². The number of hydrogen-bond donors (Lipinski definition) is 0. The van der Waals surface area contributed by atoms with E-state index in [-0.39, 0.29) is 5.90 Å². The van der Waals surface area contributed by atoms with Crippen LogP contribution in [0.25, 0.3) is 22.2 Å². The fraction of sp³-hybridized carbons (Fsp3) is 0. The van der Waals surface area contributed by atoms with E-state index in [9.17, 15) is 5.11 Å². The number of fused-ring (bicyclic) bond motifs is 1. The van der Waals surface area contributed by atoms with Gasteiger partial charge in [0.15, 0.2) is 0 Å². The van der Waals surface area contributed by atoms with Gasteiger partial charge in [-0.05, 0) is 39.6 Å². The van der Waals surface area contributed by atoms with Crippen LogP contribution in [-0.4, -0.2) is 5.90 Å². The number of benzene rings is 3. The van der Waals surface area contributed by atoms with Crippen molar-refractivity contribution >= 4 is 16.8 Å². The van der Waals surface area contributed by atoms with Crippen LogP contribution in [0.15, 0.2) is 102 Å². The Hall–Kier alpha value is -3.46. The van der Waals surface area contributed by atoms with E-state index < -0.39 is 0 Å². The molecule has 120 valence electrons. The maximum absolute atomic E-state index is 12.7. The van der Waals surface area contributed by atoms with Crippen molar-refractivity contribution < 1.29 is 9.78 Å².